The van der Waals surface area contributed by atoms with Gasteiger partial charge >= 0.3 is 0 Å². The maximum atomic E-state index is 12.6. The van der Waals surface area contributed by atoms with Crippen molar-refractivity contribution in [2.24, 2.45) is 0 Å². The zero-order chi connectivity index (χ0) is 22.9. The fraction of sp³-hybridized carbons (Fsp3) is 0.440. The normalized spacial score (nSPS) is 18.1. The minimum atomic E-state index is -0.0707. The lowest BCUT2D eigenvalue weighted by Gasteiger charge is -2.26. The lowest BCUT2D eigenvalue weighted by Crippen LogP contribution is -2.44. The molecule has 3 aromatic rings. The van der Waals surface area contributed by atoms with E-state index in [4.69, 9.17) is 4.98 Å². The molecule has 8 nitrogen and oxygen atoms in total. The fourth-order valence-electron chi connectivity index (χ4n) is 4.59. The van der Waals surface area contributed by atoms with E-state index in [-0.39, 0.29) is 11.9 Å². The van der Waals surface area contributed by atoms with E-state index in [9.17, 15) is 4.79 Å². The second-order valence-electron chi connectivity index (χ2n) is 9.23. The van der Waals surface area contributed by atoms with Gasteiger partial charge in [0.05, 0.1) is 17.6 Å². The van der Waals surface area contributed by atoms with Crippen molar-refractivity contribution in [1.29, 1.82) is 0 Å². The Bertz CT molecular complexity index is 1130. The summed E-state index contributed by atoms with van der Waals surface area (Å²) in [6, 6.07) is 10.7. The summed E-state index contributed by atoms with van der Waals surface area (Å²) in [6.07, 6.45) is 7.80. The largest absolute Gasteiger partial charge is 0.360 e. The third-order valence-corrected chi connectivity index (χ3v) is 6.35. The zero-order valence-electron chi connectivity index (χ0n) is 19.5. The molecule has 33 heavy (non-hydrogen) atoms. The Morgan fingerprint density at radius 2 is 1.88 bits per heavy atom. The van der Waals surface area contributed by atoms with E-state index in [0.717, 1.165) is 60.8 Å². The van der Waals surface area contributed by atoms with Crippen molar-refractivity contribution in [3.8, 4) is 11.4 Å². The molecule has 1 atom stereocenters. The third-order valence-electron chi connectivity index (χ3n) is 6.35. The highest BCUT2D eigenvalue weighted by Gasteiger charge is 2.34. The predicted molar refractivity (Wildman–Crippen MR) is 130 cm³/mol. The summed E-state index contributed by atoms with van der Waals surface area (Å²) >= 11 is 0. The van der Waals surface area contributed by atoms with Gasteiger partial charge in [0.25, 0.3) is 0 Å². The fourth-order valence-corrected chi connectivity index (χ4v) is 4.59. The Labute approximate surface area is 194 Å². The molecule has 1 aromatic carbocycles. The van der Waals surface area contributed by atoms with Crippen LogP contribution in [0.25, 0.3) is 11.4 Å². The lowest BCUT2D eigenvalue weighted by atomic mass is 10.2. The number of carbonyl (C=O) groups excluding carboxylic acids is 1. The van der Waals surface area contributed by atoms with Gasteiger partial charge in [0, 0.05) is 36.2 Å². The average molecular weight is 446 g/mol. The van der Waals surface area contributed by atoms with Gasteiger partial charge in [-0.05, 0) is 76.8 Å². The van der Waals surface area contributed by atoms with Crippen LogP contribution in [0.5, 0.6) is 0 Å². The van der Waals surface area contributed by atoms with Crippen molar-refractivity contribution < 1.29 is 4.79 Å². The first kappa shape index (κ1) is 21.4. The summed E-state index contributed by atoms with van der Waals surface area (Å²) in [5.74, 6) is 1.67. The van der Waals surface area contributed by atoms with E-state index in [1.54, 1.807) is 6.20 Å². The molecule has 5 rings (SSSR count). The molecule has 2 fully saturated rings. The van der Waals surface area contributed by atoms with Crippen LogP contribution in [0.2, 0.25) is 0 Å². The van der Waals surface area contributed by atoms with Gasteiger partial charge in [-0.2, -0.15) is 0 Å². The van der Waals surface area contributed by atoms with E-state index < -0.39 is 0 Å². The van der Waals surface area contributed by atoms with Gasteiger partial charge < -0.3 is 20.1 Å². The number of aryl methyl sites for hydroxylation is 1. The summed E-state index contributed by atoms with van der Waals surface area (Å²) in [6.45, 7) is 7.19. The van der Waals surface area contributed by atoms with Crippen LogP contribution >= 0.6 is 0 Å². The van der Waals surface area contributed by atoms with Crippen molar-refractivity contribution >= 4 is 23.2 Å². The van der Waals surface area contributed by atoms with Crippen LogP contribution in [-0.4, -0.2) is 44.1 Å². The Morgan fingerprint density at radius 3 is 2.61 bits per heavy atom. The van der Waals surface area contributed by atoms with Crippen LogP contribution < -0.4 is 15.5 Å². The topological polar surface area (TPSA) is 88.0 Å². The first-order valence-electron chi connectivity index (χ1n) is 11.8. The molecule has 2 N–H and O–H groups in total. The second kappa shape index (κ2) is 8.84. The number of anilines is 3. The molecular formula is C25H31N7O. The number of rotatable bonds is 7. The number of hydrogen-bond donors (Lipinski definition) is 2. The Morgan fingerprint density at radius 1 is 1.09 bits per heavy atom. The highest BCUT2D eigenvalue weighted by atomic mass is 16.2. The minimum Gasteiger partial charge on any atom is -0.360 e. The van der Waals surface area contributed by atoms with Crippen LogP contribution in [-0.2, 0) is 4.79 Å². The van der Waals surface area contributed by atoms with Crippen molar-refractivity contribution in [1.82, 2.24) is 24.8 Å². The molecule has 0 spiro atoms. The highest BCUT2D eigenvalue weighted by Crippen LogP contribution is 2.29. The van der Waals surface area contributed by atoms with Crippen LogP contribution in [0.1, 0.15) is 51.4 Å². The highest BCUT2D eigenvalue weighted by molar-refractivity contribution is 5.86. The zero-order valence-corrected chi connectivity index (χ0v) is 19.5. The molecule has 2 aliphatic rings. The van der Waals surface area contributed by atoms with E-state index in [1.807, 2.05) is 31.3 Å². The Kier molecular flexibility index (Phi) is 5.74. The second-order valence-corrected chi connectivity index (χ2v) is 9.23. The van der Waals surface area contributed by atoms with Gasteiger partial charge in [0.2, 0.25) is 11.9 Å². The molecule has 1 aliphatic heterocycles. The lowest BCUT2D eigenvalue weighted by molar-refractivity contribution is -0.122. The first-order valence-corrected chi connectivity index (χ1v) is 11.8. The molecule has 0 radical (unpaired) electrons. The molecule has 0 bridgehead atoms. The first-order chi connectivity index (χ1) is 16.0. The molecule has 1 amide bonds. The van der Waals surface area contributed by atoms with Crippen LogP contribution in [0.15, 0.2) is 42.7 Å². The van der Waals surface area contributed by atoms with Gasteiger partial charge in [0.15, 0.2) is 0 Å². The molecule has 172 valence electrons. The van der Waals surface area contributed by atoms with E-state index in [2.05, 4.69) is 56.0 Å². The average Bonchev–Trinajstić information content (AvgIpc) is 3.32. The Balaban J connectivity index is 1.30. The smallest absolute Gasteiger partial charge is 0.242 e. The SMILES string of the molecule is Cc1ncc(-c2ccnc(Nc3ccc(N4CCC[C@@H]4C(=O)NC4CC4)cc3)n2)n1C(C)C. The number of benzene rings is 1. The minimum absolute atomic E-state index is 0.0707. The van der Waals surface area contributed by atoms with Gasteiger partial charge in [-0.3, -0.25) is 4.79 Å². The van der Waals surface area contributed by atoms with Gasteiger partial charge in [-0.15, -0.1) is 0 Å². The van der Waals surface area contributed by atoms with Crippen LogP contribution in [0, 0.1) is 6.92 Å². The van der Waals surface area contributed by atoms with Gasteiger partial charge in [-0.1, -0.05) is 0 Å². The summed E-state index contributed by atoms with van der Waals surface area (Å²) < 4.78 is 2.17. The van der Waals surface area contributed by atoms with Gasteiger partial charge in [0.1, 0.15) is 11.9 Å². The number of nitrogens with one attached hydrogen (secondary N) is 2. The number of aromatic nitrogens is 4. The quantitative estimate of drug-likeness (QED) is 0.566. The molecule has 0 unspecified atom stereocenters. The van der Waals surface area contributed by atoms with Crippen LogP contribution in [0.3, 0.4) is 0 Å². The standard InChI is InChI=1S/C25H31N7O/c1-16(2)32-17(3)27-15-23(32)21-12-13-26-25(30-21)29-19-8-10-20(11-9-19)31-14-4-5-22(31)24(33)28-18-6-7-18/h8-13,15-16,18,22H,4-7,14H2,1-3H3,(H,28,33)(H,26,29,30)/t22-/m1/s1. The third kappa shape index (κ3) is 4.55. The van der Waals surface area contributed by atoms with Crippen molar-refractivity contribution in [2.45, 2.75) is 64.6 Å². The summed E-state index contributed by atoms with van der Waals surface area (Å²) in [7, 11) is 0. The van der Waals surface area contributed by atoms with Crippen molar-refractivity contribution in [3.63, 3.8) is 0 Å². The monoisotopic (exact) mass is 445 g/mol. The van der Waals surface area contributed by atoms with Crippen molar-refractivity contribution in [3.05, 3.63) is 48.5 Å². The van der Waals surface area contributed by atoms with E-state index in [1.165, 1.54) is 0 Å². The predicted octanol–water partition coefficient (Wildman–Crippen LogP) is 4.22. The van der Waals surface area contributed by atoms with E-state index >= 15 is 0 Å². The number of imidazole rings is 1. The molecular weight excluding hydrogens is 414 g/mol. The number of hydrogen-bond acceptors (Lipinski definition) is 6. The summed E-state index contributed by atoms with van der Waals surface area (Å²) in [5, 5.41) is 6.46. The number of amides is 1. The molecule has 8 heteroatoms. The van der Waals surface area contributed by atoms with Gasteiger partial charge in [-0.25, -0.2) is 15.0 Å². The number of carbonyl (C=O) groups is 1. The molecule has 1 saturated carbocycles. The van der Waals surface area contributed by atoms with E-state index in [0.29, 0.717) is 18.0 Å². The molecule has 3 heterocycles. The maximum absolute atomic E-state index is 12.6. The maximum Gasteiger partial charge on any atom is 0.242 e. The molecule has 1 aliphatic carbocycles. The number of nitrogens with zero attached hydrogens (tertiary/aromatic N) is 5. The molecule has 1 saturated heterocycles. The molecule has 2 aromatic heterocycles. The summed E-state index contributed by atoms with van der Waals surface area (Å²) in [5.41, 5.74) is 3.79. The van der Waals surface area contributed by atoms with Crippen LogP contribution in [0.4, 0.5) is 17.3 Å². The summed E-state index contributed by atoms with van der Waals surface area (Å²) in [4.78, 5) is 28.4. The van der Waals surface area contributed by atoms with Crippen molar-refractivity contribution in [2.75, 3.05) is 16.8 Å². The Hall–Kier alpha value is -3.42.